The molecule has 210 valence electrons. The third kappa shape index (κ3) is 5.67. The first-order valence-electron chi connectivity index (χ1n) is 14.9. The third-order valence-corrected chi connectivity index (χ3v) is 14.3. The average Bonchev–Trinajstić information content (AvgIpc) is 3.64. The summed E-state index contributed by atoms with van der Waals surface area (Å²) in [7, 11) is 0. The molecule has 2 heterocycles. The molecule has 0 spiro atoms. The number of morpholine rings is 2. The third-order valence-electron chi connectivity index (χ3n) is 8.67. The van der Waals surface area contributed by atoms with Crippen molar-refractivity contribution < 1.29 is 9.47 Å². The summed E-state index contributed by atoms with van der Waals surface area (Å²) in [6, 6.07) is 19.6. The minimum absolute atomic E-state index is 0.788. The molecule has 0 amide bonds. The average molecular weight is 573 g/mol. The SMILES string of the molecule is CCP(=S)(C1=C(N2CCOCC2)/C(=C\c2ccccc2)CC1)C1=C(N2CCOCC2)/C(=C/c2ccccc2)CC1. The quantitative estimate of drug-likeness (QED) is 0.324. The second-order valence-electron chi connectivity index (χ2n) is 11.0. The minimum atomic E-state index is -1.98. The zero-order valence-electron chi connectivity index (χ0n) is 23.7. The molecule has 2 aliphatic heterocycles. The number of hydrogen-bond acceptors (Lipinski definition) is 5. The maximum Gasteiger partial charge on any atom is 0.0642 e. The van der Waals surface area contributed by atoms with Crippen molar-refractivity contribution in [2.45, 2.75) is 32.6 Å². The van der Waals surface area contributed by atoms with Crippen molar-refractivity contribution in [1.82, 2.24) is 9.80 Å². The van der Waals surface area contributed by atoms with Crippen LogP contribution in [0.15, 0.2) is 93.8 Å². The topological polar surface area (TPSA) is 24.9 Å². The van der Waals surface area contributed by atoms with Crippen molar-refractivity contribution in [1.29, 1.82) is 0 Å². The van der Waals surface area contributed by atoms with E-state index in [-0.39, 0.29) is 0 Å². The lowest BCUT2D eigenvalue weighted by Gasteiger charge is -2.36. The lowest BCUT2D eigenvalue weighted by atomic mass is 10.1. The zero-order valence-corrected chi connectivity index (χ0v) is 25.4. The van der Waals surface area contributed by atoms with Crippen LogP contribution < -0.4 is 0 Å². The van der Waals surface area contributed by atoms with Crippen LogP contribution in [0.4, 0.5) is 0 Å². The number of ether oxygens (including phenoxy) is 2. The lowest BCUT2D eigenvalue weighted by molar-refractivity contribution is 0.0548. The Labute approximate surface area is 245 Å². The van der Waals surface area contributed by atoms with E-state index in [0.29, 0.717) is 0 Å². The van der Waals surface area contributed by atoms with Crippen LogP contribution in [0.1, 0.15) is 43.7 Å². The molecule has 4 aliphatic rings. The fourth-order valence-corrected chi connectivity index (χ4v) is 11.1. The Bertz CT molecular complexity index is 1270. The summed E-state index contributed by atoms with van der Waals surface area (Å²) in [5, 5.41) is 3.13. The number of nitrogens with zero attached hydrogens (tertiary/aromatic N) is 2. The molecule has 1 unspecified atom stereocenters. The van der Waals surface area contributed by atoms with E-state index in [4.69, 9.17) is 21.3 Å². The minimum Gasteiger partial charge on any atom is -0.378 e. The predicted octanol–water partition coefficient (Wildman–Crippen LogP) is 7.33. The van der Waals surface area contributed by atoms with Gasteiger partial charge in [-0.15, -0.1) is 0 Å². The molecular formula is C34H41N2O2PS. The van der Waals surface area contributed by atoms with Crippen LogP contribution in [0, 0.1) is 0 Å². The van der Waals surface area contributed by atoms with Gasteiger partial charge in [0.15, 0.2) is 0 Å². The molecule has 4 nitrogen and oxygen atoms in total. The molecule has 0 bridgehead atoms. The molecule has 2 aliphatic carbocycles. The van der Waals surface area contributed by atoms with E-state index in [9.17, 15) is 0 Å². The Morgan fingerprint density at radius 2 is 1.05 bits per heavy atom. The van der Waals surface area contributed by atoms with E-state index in [0.717, 1.165) is 84.5 Å². The molecule has 0 radical (unpaired) electrons. The van der Waals surface area contributed by atoms with E-state index in [1.807, 2.05) is 0 Å². The Morgan fingerprint density at radius 3 is 1.43 bits per heavy atom. The van der Waals surface area contributed by atoms with Gasteiger partial charge in [-0.25, -0.2) is 0 Å². The summed E-state index contributed by atoms with van der Waals surface area (Å²) in [5.41, 5.74) is 8.36. The number of allylic oxidation sites excluding steroid dienone is 4. The fourth-order valence-electron chi connectivity index (χ4n) is 6.73. The monoisotopic (exact) mass is 572 g/mol. The molecule has 6 heteroatoms. The van der Waals surface area contributed by atoms with Crippen LogP contribution in [0.3, 0.4) is 0 Å². The van der Waals surface area contributed by atoms with E-state index in [2.05, 4.69) is 89.5 Å². The Morgan fingerprint density at radius 1 is 0.650 bits per heavy atom. The highest BCUT2D eigenvalue weighted by atomic mass is 32.4. The van der Waals surface area contributed by atoms with E-state index >= 15 is 0 Å². The van der Waals surface area contributed by atoms with Gasteiger partial charge >= 0.3 is 0 Å². The van der Waals surface area contributed by atoms with Crippen molar-refractivity contribution in [3.05, 3.63) is 105 Å². The maximum absolute atomic E-state index is 6.98. The van der Waals surface area contributed by atoms with Gasteiger partial charge in [-0.05, 0) is 76.9 Å². The summed E-state index contributed by atoms with van der Waals surface area (Å²) in [6.45, 7) is 9.28. The van der Waals surface area contributed by atoms with Gasteiger partial charge in [-0.2, -0.15) is 0 Å². The highest BCUT2D eigenvalue weighted by Crippen LogP contribution is 2.70. The first kappa shape index (κ1) is 27.7. The fraction of sp³-hybridized carbons (Fsp3) is 0.412. The van der Waals surface area contributed by atoms with Crippen LogP contribution >= 0.6 is 6.04 Å². The molecule has 0 N–H and O–H groups in total. The summed E-state index contributed by atoms with van der Waals surface area (Å²) in [4.78, 5) is 5.20. The van der Waals surface area contributed by atoms with Gasteiger partial charge in [0.1, 0.15) is 0 Å². The summed E-state index contributed by atoms with van der Waals surface area (Å²) < 4.78 is 11.6. The molecule has 2 saturated heterocycles. The normalized spacial score (nSPS) is 23.9. The summed E-state index contributed by atoms with van der Waals surface area (Å²) >= 11 is 6.98. The van der Waals surface area contributed by atoms with Crippen LogP contribution in [0.2, 0.25) is 0 Å². The smallest absolute Gasteiger partial charge is 0.0642 e. The summed E-state index contributed by atoms with van der Waals surface area (Å²) in [5.74, 6) is 0. The number of hydrogen-bond donors (Lipinski definition) is 0. The van der Waals surface area contributed by atoms with Crippen LogP contribution in [-0.4, -0.2) is 68.6 Å². The van der Waals surface area contributed by atoms with Crippen molar-refractivity contribution in [3.8, 4) is 0 Å². The van der Waals surface area contributed by atoms with Crippen LogP contribution in [-0.2, 0) is 21.3 Å². The molecule has 0 aromatic heterocycles. The van der Waals surface area contributed by atoms with Crippen LogP contribution in [0.5, 0.6) is 0 Å². The first-order chi connectivity index (χ1) is 19.7. The molecule has 0 saturated carbocycles. The standard InChI is InChI=1S/C34H41N2O2PS/c1-2-39(40,31-15-13-29(25-27-9-5-3-6-10-27)33(31)35-17-21-37-22-18-35)32-16-14-30(26-28-11-7-4-8-12-28)34(32)36-19-23-38-24-20-36/h3-12,25-26H,2,13-24H2,1H3/b29-25-,30-26+. The Kier molecular flexibility index (Phi) is 8.74. The maximum atomic E-state index is 6.98. The van der Waals surface area contributed by atoms with Crippen molar-refractivity contribution in [2.75, 3.05) is 58.8 Å². The zero-order chi connectivity index (χ0) is 27.4. The van der Waals surface area contributed by atoms with Gasteiger partial charge in [-0.1, -0.05) is 79.4 Å². The second-order valence-corrected chi connectivity index (χ2v) is 16.1. The number of rotatable bonds is 7. The first-order valence-corrected chi connectivity index (χ1v) is 17.9. The second kappa shape index (κ2) is 12.6. The van der Waals surface area contributed by atoms with Gasteiger partial charge in [0.25, 0.3) is 0 Å². The molecule has 2 aromatic rings. The highest BCUT2D eigenvalue weighted by Gasteiger charge is 2.40. The van der Waals surface area contributed by atoms with Gasteiger partial charge in [0.2, 0.25) is 0 Å². The number of benzene rings is 2. The van der Waals surface area contributed by atoms with E-state index in [1.165, 1.54) is 33.7 Å². The summed E-state index contributed by atoms with van der Waals surface area (Å²) in [6.07, 6.45) is 10.2. The van der Waals surface area contributed by atoms with Gasteiger partial charge < -0.3 is 19.3 Å². The lowest BCUT2D eigenvalue weighted by Crippen LogP contribution is -2.36. The largest absolute Gasteiger partial charge is 0.378 e. The Balaban J connectivity index is 1.50. The van der Waals surface area contributed by atoms with Crippen LogP contribution in [0.25, 0.3) is 12.2 Å². The van der Waals surface area contributed by atoms with Gasteiger partial charge in [0, 0.05) is 43.6 Å². The highest BCUT2D eigenvalue weighted by molar-refractivity contribution is 8.18. The van der Waals surface area contributed by atoms with Crippen molar-refractivity contribution in [2.24, 2.45) is 0 Å². The molecule has 2 aromatic carbocycles. The van der Waals surface area contributed by atoms with Crippen molar-refractivity contribution in [3.63, 3.8) is 0 Å². The van der Waals surface area contributed by atoms with E-state index in [1.54, 1.807) is 10.6 Å². The molecule has 2 fully saturated rings. The molecule has 6 rings (SSSR count). The Hall–Kier alpha value is -2.43. The molecule has 40 heavy (non-hydrogen) atoms. The van der Waals surface area contributed by atoms with E-state index < -0.39 is 6.04 Å². The van der Waals surface area contributed by atoms with Gasteiger partial charge in [0.05, 0.1) is 26.4 Å². The molecular weight excluding hydrogens is 531 g/mol. The molecule has 1 atom stereocenters. The van der Waals surface area contributed by atoms with Crippen molar-refractivity contribution >= 4 is 30.0 Å². The predicted molar refractivity (Wildman–Crippen MR) is 171 cm³/mol. The van der Waals surface area contributed by atoms with Gasteiger partial charge in [-0.3, -0.25) is 0 Å².